The van der Waals surface area contributed by atoms with E-state index in [1.807, 2.05) is 0 Å². The fourth-order valence-electron chi connectivity index (χ4n) is 2.23. The molecule has 1 unspecified atom stereocenters. The zero-order valence-corrected chi connectivity index (χ0v) is 13.8. The highest BCUT2D eigenvalue weighted by atomic mass is 79.9. The van der Waals surface area contributed by atoms with E-state index < -0.39 is 11.6 Å². The van der Waals surface area contributed by atoms with Crippen molar-refractivity contribution in [1.82, 2.24) is 0 Å². The molecular formula is C16H23BrF2O. The van der Waals surface area contributed by atoms with Gasteiger partial charge in [0.1, 0.15) is 17.4 Å². The Labute approximate surface area is 128 Å². The summed E-state index contributed by atoms with van der Waals surface area (Å²) in [6.45, 7) is 2.18. The molecule has 0 aliphatic heterocycles. The van der Waals surface area contributed by atoms with E-state index in [9.17, 15) is 8.78 Å². The van der Waals surface area contributed by atoms with Gasteiger partial charge in [0.15, 0.2) is 0 Å². The maximum absolute atomic E-state index is 13.9. The van der Waals surface area contributed by atoms with Crippen LogP contribution in [-0.2, 0) is 0 Å². The standard InChI is InChI=1S/C16H23BrF2O/c1-3-4-5-6-7-8-9-13(17)16-14(18)10-12(20-2)11-15(16)19/h10-11,13H,3-9H2,1-2H3. The first-order valence-electron chi connectivity index (χ1n) is 7.27. The first kappa shape index (κ1) is 17.4. The number of halogens is 3. The molecule has 1 atom stereocenters. The van der Waals surface area contributed by atoms with Gasteiger partial charge >= 0.3 is 0 Å². The van der Waals surface area contributed by atoms with E-state index in [1.165, 1.54) is 44.9 Å². The lowest BCUT2D eigenvalue weighted by atomic mass is 10.0. The third-order valence-corrected chi connectivity index (χ3v) is 4.33. The molecular weight excluding hydrogens is 326 g/mol. The molecule has 1 nitrogen and oxygen atoms in total. The van der Waals surface area contributed by atoms with Gasteiger partial charge in [-0.1, -0.05) is 61.4 Å². The smallest absolute Gasteiger partial charge is 0.134 e. The van der Waals surface area contributed by atoms with Crippen LogP contribution in [0.5, 0.6) is 5.75 Å². The maximum Gasteiger partial charge on any atom is 0.134 e. The second-order valence-electron chi connectivity index (χ2n) is 5.03. The van der Waals surface area contributed by atoms with Crippen LogP contribution in [0.2, 0.25) is 0 Å². The molecule has 1 aromatic carbocycles. The largest absolute Gasteiger partial charge is 0.497 e. The van der Waals surface area contributed by atoms with Crippen molar-refractivity contribution in [3.8, 4) is 5.75 Å². The molecule has 0 saturated heterocycles. The van der Waals surface area contributed by atoms with Crippen molar-refractivity contribution in [2.45, 2.75) is 56.7 Å². The molecule has 0 spiro atoms. The monoisotopic (exact) mass is 348 g/mol. The molecule has 0 aromatic heterocycles. The highest BCUT2D eigenvalue weighted by Crippen LogP contribution is 2.34. The lowest BCUT2D eigenvalue weighted by Gasteiger charge is -2.13. The molecule has 20 heavy (non-hydrogen) atoms. The van der Waals surface area contributed by atoms with Crippen LogP contribution in [0.1, 0.15) is 62.3 Å². The van der Waals surface area contributed by atoms with Gasteiger partial charge in [-0.25, -0.2) is 8.78 Å². The fourth-order valence-corrected chi connectivity index (χ4v) is 2.99. The summed E-state index contributed by atoms with van der Waals surface area (Å²) in [7, 11) is 1.40. The topological polar surface area (TPSA) is 9.23 Å². The molecule has 0 N–H and O–H groups in total. The van der Waals surface area contributed by atoms with Crippen LogP contribution in [0, 0.1) is 11.6 Å². The Morgan fingerprint density at radius 1 is 1.05 bits per heavy atom. The Balaban J connectivity index is 2.49. The second-order valence-corrected chi connectivity index (χ2v) is 6.13. The van der Waals surface area contributed by atoms with E-state index in [-0.39, 0.29) is 16.1 Å². The normalized spacial score (nSPS) is 12.4. The van der Waals surface area contributed by atoms with Gasteiger partial charge in [0.05, 0.1) is 7.11 Å². The fraction of sp³-hybridized carbons (Fsp3) is 0.625. The predicted octanol–water partition coefficient (Wildman–Crippen LogP) is 6.16. The Morgan fingerprint density at radius 3 is 2.15 bits per heavy atom. The number of alkyl halides is 1. The number of benzene rings is 1. The van der Waals surface area contributed by atoms with Crippen molar-refractivity contribution in [3.63, 3.8) is 0 Å². The number of hydrogen-bond donors (Lipinski definition) is 0. The van der Waals surface area contributed by atoms with Gasteiger partial charge < -0.3 is 4.74 Å². The minimum Gasteiger partial charge on any atom is -0.497 e. The molecule has 0 saturated carbocycles. The van der Waals surface area contributed by atoms with Crippen molar-refractivity contribution >= 4 is 15.9 Å². The number of methoxy groups -OCH3 is 1. The minimum atomic E-state index is -0.547. The van der Waals surface area contributed by atoms with Crippen LogP contribution in [0.3, 0.4) is 0 Å². The Kier molecular flexibility index (Phi) is 8.12. The lowest BCUT2D eigenvalue weighted by Crippen LogP contribution is -2.00. The molecule has 1 rings (SSSR count). The van der Waals surface area contributed by atoms with Crippen LogP contribution in [0.15, 0.2) is 12.1 Å². The van der Waals surface area contributed by atoms with Crippen molar-refractivity contribution < 1.29 is 13.5 Å². The SMILES string of the molecule is CCCCCCCCC(Br)c1c(F)cc(OC)cc1F. The van der Waals surface area contributed by atoms with Crippen molar-refractivity contribution in [2.24, 2.45) is 0 Å². The average Bonchev–Trinajstić information content (AvgIpc) is 2.41. The van der Waals surface area contributed by atoms with Crippen molar-refractivity contribution in [1.29, 1.82) is 0 Å². The quantitative estimate of drug-likeness (QED) is 0.383. The Morgan fingerprint density at radius 2 is 1.60 bits per heavy atom. The van der Waals surface area contributed by atoms with E-state index in [1.54, 1.807) is 0 Å². The lowest BCUT2D eigenvalue weighted by molar-refractivity contribution is 0.404. The van der Waals surface area contributed by atoms with E-state index >= 15 is 0 Å². The van der Waals surface area contributed by atoms with E-state index in [4.69, 9.17) is 4.74 Å². The molecule has 0 fully saturated rings. The summed E-state index contributed by atoms with van der Waals surface area (Å²) in [5.41, 5.74) is 0.111. The first-order chi connectivity index (χ1) is 9.60. The second kappa shape index (κ2) is 9.32. The summed E-state index contributed by atoms with van der Waals surface area (Å²) in [6, 6.07) is 2.46. The molecule has 114 valence electrons. The highest BCUT2D eigenvalue weighted by Gasteiger charge is 2.18. The molecule has 0 bridgehead atoms. The minimum absolute atomic E-state index is 0.111. The van der Waals surface area contributed by atoms with Crippen LogP contribution in [0.25, 0.3) is 0 Å². The summed E-state index contributed by atoms with van der Waals surface area (Å²) in [5, 5.41) is 0. The molecule has 0 heterocycles. The summed E-state index contributed by atoms with van der Waals surface area (Å²) >= 11 is 3.40. The van der Waals surface area contributed by atoms with Gasteiger partial charge in [-0.3, -0.25) is 0 Å². The van der Waals surface area contributed by atoms with Gasteiger partial charge in [-0.2, -0.15) is 0 Å². The van der Waals surface area contributed by atoms with Crippen molar-refractivity contribution in [3.05, 3.63) is 29.3 Å². The Bertz CT molecular complexity index is 386. The zero-order valence-electron chi connectivity index (χ0n) is 12.2. The summed E-state index contributed by atoms with van der Waals surface area (Å²) in [5.74, 6) is -0.882. The molecule has 0 aliphatic rings. The molecule has 4 heteroatoms. The number of unbranched alkanes of at least 4 members (excludes halogenated alkanes) is 5. The first-order valence-corrected chi connectivity index (χ1v) is 8.18. The zero-order chi connectivity index (χ0) is 15.0. The molecule has 0 aliphatic carbocycles. The Hall–Kier alpha value is -0.640. The van der Waals surface area contributed by atoms with Gasteiger partial charge in [0.25, 0.3) is 0 Å². The van der Waals surface area contributed by atoms with Crippen LogP contribution < -0.4 is 4.74 Å². The summed E-state index contributed by atoms with van der Waals surface area (Å²) in [4.78, 5) is -0.278. The highest BCUT2D eigenvalue weighted by molar-refractivity contribution is 9.09. The molecule has 0 radical (unpaired) electrons. The summed E-state index contributed by atoms with van der Waals surface area (Å²) in [6.07, 6.45) is 7.76. The molecule has 0 amide bonds. The number of ether oxygens (including phenoxy) is 1. The average molecular weight is 349 g/mol. The van der Waals surface area contributed by atoms with Crippen LogP contribution >= 0.6 is 15.9 Å². The van der Waals surface area contributed by atoms with Gasteiger partial charge in [-0.15, -0.1) is 0 Å². The predicted molar refractivity (Wildman–Crippen MR) is 82.6 cm³/mol. The van der Waals surface area contributed by atoms with Crippen LogP contribution in [0.4, 0.5) is 8.78 Å². The van der Waals surface area contributed by atoms with Crippen molar-refractivity contribution in [2.75, 3.05) is 7.11 Å². The third kappa shape index (κ3) is 5.39. The number of rotatable bonds is 9. The molecule has 1 aromatic rings. The third-order valence-electron chi connectivity index (χ3n) is 3.41. The van der Waals surface area contributed by atoms with E-state index in [2.05, 4.69) is 22.9 Å². The van der Waals surface area contributed by atoms with Gasteiger partial charge in [-0.05, 0) is 6.42 Å². The van der Waals surface area contributed by atoms with E-state index in [0.29, 0.717) is 0 Å². The van der Waals surface area contributed by atoms with E-state index in [0.717, 1.165) is 19.3 Å². The van der Waals surface area contributed by atoms with Gasteiger partial charge in [0, 0.05) is 22.5 Å². The maximum atomic E-state index is 13.9. The summed E-state index contributed by atoms with van der Waals surface area (Å²) < 4.78 is 32.6. The van der Waals surface area contributed by atoms with Gasteiger partial charge in [0.2, 0.25) is 0 Å². The van der Waals surface area contributed by atoms with Crippen LogP contribution in [-0.4, -0.2) is 7.11 Å². The number of hydrogen-bond acceptors (Lipinski definition) is 1.